The highest BCUT2D eigenvalue weighted by Crippen LogP contribution is 2.30. The van der Waals surface area contributed by atoms with Crippen LogP contribution in [0.4, 0.5) is 10.1 Å². The predicted molar refractivity (Wildman–Crippen MR) is 83.6 cm³/mol. The van der Waals surface area contributed by atoms with E-state index >= 15 is 0 Å². The normalized spacial score (nSPS) is 26.5. The van der Waals surface area contributed by atoms with Gasteiger partial charge in [-0.15, -0.1) is 0 Å². The molecule has 1 aromatic rings. The Kier molecular flexibility index (Phi) is 5.41. The highest BCUT2D eigenvalue weighted by atomic mass is 19.1. The van der Waals surface area contributed by atoms with Crippen LogP contribution in [-0.4, -0.2) is 26.2 Å². The smallest absolute Gasteiger partial charge is 0.125 e. The zero-order chi connectivity index (χ0) is 14.5. The van der Waals surface area contributed by atoms with Crippen molar-refractivity contribution in [1.82, 2.24) is 5.32 Å². The van der Waals surface area contributed by atoms with Crippen LogP contribution in [0, 0.1) is 17.7 Å². The Hall–Kier alpha value is -1.09. The van der Waals surface area contributed by atoms with Crippen LogP contribution >= 0.6 is 0 Å². The zero-order valence-electron chi connectivity index (χ0n) is 12.9. The zero-order valence-corrected chi connectivity index (χ0v) is 12.9. The molecule has 0 bridgehead atoms. The first-order valence-electron chi connectivity index (χ1n) is 7.81. The molecule has 1 saturated carbocycles. The van der Waals surface area contributed by atoms with E-state index in [0.29, 0.717) is 12.0 Å². The van der Waals surface area contributed by atoms with Crippen molar-refractivity contribution in [3.8, 4) is 0 Å². The van der Waals surface area contributed by atoms with E-state index in [1.165, 1.54) is 25.3 Å². The molecular weight excluding hydrogens is 251 g/mol. The van der Waals surface area contributed by atoms with Crippen LogP contribution < -0.4 is 10.2 Å². The van der Waals surface area contributed by atoms with Crippen LogP contribution in [-0.2, 0) is 0 Å². The topological polar surface area (TPSA) is 15.3 Å². The minimum absolute atomic E-state index is 0.150. The third kappa shape index (κ3) is 3.72. The Labute approximate surface area is 122 Å². The molecule has 1 fully saturated rings. The SMILES string of the molecule is CCN(CC1CC(C)CCC1NC)c1cccc(F)c1. The molecule has 0 amide bonds. The van der Waals surface area contributed by atoms with Gasteiger partial charge in [-0.05, 0) is 63.3 Å². The quantitative estimate of drug-likeness (QED) is 0.884. The van der Waals surface area contributed by atoms with Gasteiger partial charge in [-0.25, -0.2) is 4.39 Å². The molecule has 112 valence electrons. The largest absolute Gasteiger partial charge is 0.371 e. The van der Waals surface area contributed by atoms with Gasteiger partial charge in [0.05, 0.1) is 0 Å². The standard InChI is InChI=1S/C17H27FN2/c1-4-20(16-7-5-6-15(18)11-16)12-14-10-13(2)8-9-17(14)19-3/h5-7,11,13-14,17,19H,4,8-10,12H2,1-3H3. The van der Waals surface area contributed by atoms with E-state index in [1.54, 1.807) is 12.1 Å². The summed E-state index contributed by atoms with van der Waals surface area (Å²) in [6.45, 7) is 6.42. The highest BCUT2D eigenvalue weighted by Gasteiger charge is 2.28. The molecule has 0 heterocycles. The van der Waals surface area contributed by atoms with Crippen molar-refractivity contribution in [3.05, 3.63) is 30.1 Å². The maximum atomic E-state index is 13.4. The highest BCUT2D eigenvalue weighted by molar-refractivity contribution is 5.46. The van der Waals surface area contributed by atoms with E-state index < -0.39 is 0 Å². The fourth-order valence-electron chi connectivity index (χ4n) is 3.45. The second kappa shape index (κ2) is 7.07. The maximum Gasteiger partial charge on any atom is 0.125 e. The van der Waals surface area contributed by atoms with Gasteiger partial charge in [0.15, 0.2) is 0 Å². The van der Waals surface area contributed by atoms with Gasteiger partial charge in [0.1, 0.15) is 5.82 Å². The third-order valence-electron chi connectivity index (χ3n) is 4.63. The summed E-state index contributed by atoms with van der Waals surface area (Å²) in [4.78, 5) is 2.30. The molecule has 1 aliphatic carbocycles. The fourth-order valence-corrected chi connectivity index (χ4v) is 3.45. The van der Waals surface area contributed by atoms with E-state index in [0.717, 1.165) is 24.7 Å². The number of hydrogen-bond donors (Lipinski definition) is 1. The number of hydrogen-bond acceptors (Lipinski definition) is 2. The molecule has 0 spiro atoms. The van der Waals surface area contributed by atoms with Crippen molar-refractivity contribution in [2.45, 2.75) is 39.2 Å². The summed E-state index contributed by atoms with van der Waals surface area (Å²) in [6, 6.07) is 7.55. The van der Waals surface area contributed by atoms with Crippen LogP contribution in [0.5, 0.6) is 0 Å². The first kappa shape index (κ1) is 15.3. The second-order valence-electron chi connectivity index (χ2n) is 6.09. The number of benzene rings is 1. The molecule has 0 saturated heterocycles. The average Bonchev–Trinajstić information content (AvgIpc) is 2.45. The molecule has 3 heteroatoms. The van der Waals surface area contributed by atoms with Gasteiger partial charge in [-0.2, -0.15) is 0 Å². The number of halogens is 1. The number of nitrogens with zero attached hydrogens (tertiary/aromatic N) is 1. The average molecular weight is 278 g/mol. The number of nitrogens with one attached hydrogen (secondary N) is 1. The van der Waals surface area contributed by atoms with Crippen LogP contribution in [0.1, 0.15) is 33.1 Å². The van der Waals surface area contributed by atoms with Crippen molar-refractivity contribution >= 4 is 5.69 Å². The molecule has 0 aliphatic heterocycles. The van der Waals surface area contributed by atoms with Gasteiger partial charge in [0, 0.05) is 24.8 Å². The maximum absolute atomic E-state index is 13.4. The molecule has 0 radical (unpaired) electrons. The summed E-state index contributed by atoms with van der Waals surface area (Å²) >= 11 is 0. The van der Waals surface area contributed by atoms with Crippen molar-refractivity contribution < 1.29 is 4.39 Å². The van der Waals surface area contributed by atoms with Gasteiger partial charge < -0.3 is 10.2 Å². The Morgan fingerprint density at radius 3 is 2.80 bits per heavy atom. The monoisotopic (exact) mass is 278 g/mol. The van der Waals surface area contributed by atoms with Gasteiger partial charge in [0.2, 0.25) is 0 Å². The molecule has 2 nitrogen and oxygen atoms in total. The van der Waals surface area contributed by atoms with Gasteiger partial charge >= 0.3 is 0 Å². The van der Waals surface area contributed by atoms with Crippen LogP contribution in [0.25, 0.3) is 0 Å². The molecule has 1 aliphatic rings. The van der Waals surface area contributed by atoms with Crippen molar-refractivity contribution in [2.24, 2.45) is 11.8 Å². The van der Waals surface area contributed by atoms with Crippen LogP contribution in [0.3, 0.4) is 0 Å². The lowest BCUT2D eigenvalue weighted by Crippen LogP contribution is -2.44. The Morgan fingerprint density at radius 2 is 2.15 bits per heavy atom. The molecule has 1 N–H and O–H groups in total. The molecule has 20 heavy (non-hydrogen) atoms. The molecule has 3 atom stereocenters. The van der Waals surface area contributed by atoms with Gasteiger partial charge in [0.25, 0.3) is 0 Å². The van der Waals surface area contributed by atoms with E-state index in [1.807, 2.05) is 6.07 Å². The Morgan fingerprint density at radius 1 is 1.35 bits per heavy atom. The first-order chi connectivity index (χ1) is 9.63. The van der Waals surface area contributed by atoms with Crippen molar-refractivity contribution in [1.29, 1.82) is 0 Å². The lowest BCUT2D eigenvalue weighted by molar-refractivity contribution is 0.224. The van der Waals surface area contributed by atoms with Gasteiger partial charge in [-0.1, -0.05) is 13.0 Å². The predicted octanol–water partition coefficient (Wildman–Crippen LogP) is 3.68. The van der Waals surface area contributed by atoms with E-state index in [2.05, 4.69) is 31.1 Å². The summed E-state index contributed by atoms with van der Waals surface area (Å²) in [7, 11) is 2.06. The molecule has 0 aromatic heterocycles. The fraction of sp³-hybridized carbons (Fsp3) is 0.647. The summed E-state index contributed by atoms with van der Waals surface area (Å²) in [5.41, 5.74) is 1.00. The van der Waals surface area contributed by atoms with E-state index in [-0.39, 0.29) is 5.82 Å². The molecule has 3 unspecified atom stereocenters. The van der Waals surface area contributed by atoms with E-state index in [9.17, 15) is 4.39 Å². The third-order valence-corrected chi connectivity index (χ3v) is 4.63. The summed E-state index contributed by atoms with van der Waals surface area (Å²) in [5.74, 6) is 1.30. The first-order valence-corrected chi connectivity index (χ1v) is 7.81. The minimum atomic E-state index is -0.150. The number of anilines is 1. The number of rotatable bonds is 5. The summed E-state index contributed by atoms with van der Waals surface area (Å²) in [6.07, 6.45) is 3.83. The lowest BCUT2D eigenvalue weighted by Gasteiger charge is -2.38. The molecular formula is C17H27FN2. The Bertz CT molecular complexity index is 421. The van der Waals surface area contributed by atoms with Crippen LogP contribution in [0.15, 0.2) is 24.3 Å². The molecule has 1 aromatic carbocycles. The molecule has 2 rings (SSSR count). The summed E-state index contributed by atoms with van der Waals surface area (Å²) in [5, 5.41) is 3.47. The van der Waals surface area contributed by atoms with Crippen LogP contribution in [0.2, 0.25) is 0 Å². The second-order valence-corrected chi connectivity index (χ2v) is 6.09. The summed E-state index contributed by atoms with van der Waals surface area (Å²) < 4.78 is 13.4. The van der Waals surface area contributed by atoms with Crippen molar-refractivity contribution in [3.63, 3.8) is 0 Å². The van der Waals surface area contributed by atoms with Gasteiger partial charge in [-0.3, -0.25) is 0 Å². The van der Waals surface area contributed by atoms with Crippen molar-refractivity contribution in [2.75, 3.05) is 25.0 Å². The van der Waals surface area contributed by atoms with E-state index in [4.69, 9.17) is 0 Å². The Balaban J connectivity index is 2.08. The minimum Gasteiger partial charge on any atom is -0.371 e. The lowest BCUT2D eigenvalue weighted by atomic mass is 9.78.